The van der Waals surface area contributed by atoms with Crippen LogP contribution in [-0.4, -0.2) is 23.7 Å². The maximum Gasteiger partial charge on any atom is 0.335 e. The van der Waals surface area contributed by atoms with E-state index in [1.807, 2.05) is 19.9 Å². The van der Waals surface area contributed by atoms with Crippen LogP contribution in [0.1, 0.15) is 24.2 Å². The zero-order valence-corrected chi connectivity index (χ0v) is 12.2. The lowest BCUT2D eigenvalue weighted by atomic mass is 10.2. The van der Waals surface area contributed by atoms with Gasteiger partial charge in [0.15, 0.2) is 0 Å². The zero-order valence-electron chi connectivity index (χ0n) is 10.7. The van der Waals surface area contributed by atoms with Crippen molar-refractivity contribution >= 4 is 33.6 Å². The van der Waals surface area contributed by atoms with Gasteiger partial charge in [-0.3, -0.25) is 0 Å². The molecule has 0 bridgehead atoms. The number of anilines is 1. The van der Waals surface area contributed by atoms with E-state index in [4.69, 9.17) is 5.11 Å². The first-order valence-electron chi connectivity index (χ1n) is 5.61. The number of carbonyl (C=O) groups excluding carboxylic acids is 1. The number of rotatable bonds is 4. The van der Waals surface area contributed by atoms with E-state index in [-0.39, 0.29) is 11.6 Å². The molecule has 0 unspecified atom stereocenters. The minimum Gasteiger partial charge on any atom is -0.478 e. The molecule has 0 aliphatic heterocycles. The molecular formula is C13H15BrN2O3. The summed E-state index contributed by atoms with van der Waals surface area (Å²) in [6.07, 6.45) is 1.88. The Hall–Kier alpha value is -1.82. The highest BCUT2D eigenvalue weighted by Gasteiger charge is 2.09. The largest absolute Gasteiger partial charge is 0.478 e. The molecule has 1 aromatic rings. The van der Waals surface area contributed by atoms with Crippen LogP contribution < -0.4 is 10.6 Å². The number of allylic oxidation sites excluding steroid dienone is 1. The molecule has 0 heterocycles. The molecule has 5 nitrogen and oxygen atoms in total. The van der Waals surface area contributed by atoms with Gasteiger partial charge in [-0.2, -0.15) is 0 Å². The predicted molar refractivity (Wildman–Crippen MR) is 77.6 cm³/mol. The monoisotopic (exact) mass is 326 g/mol. The van der Waals surface area contributed by atoms with E-state index >= 15 is 0 Å². The van der Waals surface area contributed by atoms with Crippen molar-refractivity contribution < 1.29 is 14.7 Å². The summed E-state index contributed by atoms with van der Waals surface area (Å²) in [5.74, 6) is -1.04. The van der Waals surface area contributed by atoms with Crippen LogP contribution in [0.4, 0.5) is 10.5 Å². The average molecular weight is 327 g/mol. The van der Waals surface area contributed by atoms with E-state index in [0.717, 1.165) is 5.57 Å². The van der Waals surface area contributed by atoms with Gasteiger partial charge in [0.1, 0.15) is 0 Å². The van der Waals surface area contributed by atoms with Crippen LogP contribution in [0.3, 0.4) is 0 Å². The third-order valence-corrected chi connectivity index (χ3v) is 2.93. The summed E-state index contributed by atoms with van der Waals surface area (Å²) in [7, 11) is 0. The summed E-state index contributed by atoms with van der Waals surface area (Å²) in [6, 6.07) is 4.04. The lowest BCUT2D eigenvalue weighted by Crippen LogP contribution is -2.29. The number of hydrogen-bond acceptors (Lipinski definition) is 2. The highest BCUT2D eigenvalue weighted by molar-refractivity contribution is 9.10. The fourth-order valence-corrected chi connectivity index (χ4v) is 1.61. The second-order valence-corrected chi connectivity index (χ2v) is 4.97. The molecular weight excluding hydrogens is 312 g/mol. The van der Waals surface area contributed by atoms with Gasteiger partial charge in [-0.05, 0) is 48.0 Å². The molecule has 3 N–H and O–H groups in total. The van der Waals surface area contributed by atoms with Crippen molar-refractivity contribution in [3.63, 3.8) is 0 Å². The van der Waals surface area contributed by atoms with Gasteiger partial charge < -0.3 is 15.7 Å². The van der Waals surface area contributed by atoms with Gasteiger partial charge in [-0.1, -0.05) is 11.6 Å². The van der Waals surface area contributed by atoms with Crippen molar-refractivity contribution in [2.45, 2.75) is 13.8 Å². The Morgan fingerprint density at radius 1 is 1.37 bits per heavy atom. The number of benzene rings is 1. The first-order chi connectivity index (χ1) is 8.90. The number of amides is 2. The first-order valence-corrected chi connectivity index (χ1v) is 6.40. The molecule has 0 aliphatic carbocycles. The standard InChI is InChI=1S/C13H15BrN2O3/c1-8(2)5-6-15-13(19)16-11-7-9(12(17)18)3-4-10(11)14/h3-5,7H,6H2,1-2H3,(H,17,18)(H2,15,16,19). The highest BCUT2D eigenvalue weighted by atomic mass is 79.9. The third-order valence-electron chi connectivity index (χ3n) is 2.23. The van der Waals surface area contributed by atoms with Crippen molar-refractivity contribution in [2.24, 2.45) is 0 Å². The van der Waals surface area contributed by atoms with E-state index in [1.54, 1.807) is 6.07 Å². The summed E-state index contributed by atoms with van der Waals surface area (Å²) in [4.78, 5) is 22.5. The lowest BCUT2D eigenvalue weighted by Gasteiger charge is -2.09. The van der Waals surface area contributed by atoms with Crippen LogP contribution in [0.2, 0.25) is 0 Å². The van der Waals surface area contributed by atoms with Crippen LogP contribution in [0.5, 0.6) is 0 Å². The highest BCUT2D eigenvalue weighted by Crippen LogP contribution is 2.23. The fraction of sp³-hybridized carbons (Fsp3) is 0.231. The number of aromatic carboxylic acids is 1. The molecule has 0 fully saturated rings. The molecule has 0 spiro atoms. The molecule has 1 aromatic carbocycles. The van der Waals surface area contributed by atoms with Gasteiger partial charge in [0.2, 0.25) is 0 Å². The summed E-state index contributed by atoms with van der Waals surface area (Å²) >= 11 is 3.25. The number of carbonyl (C=O) groups is 2. The Labute approximate surface area is 119 Å². The molecule has 19 heavy (non-hydrogen) atoms. The zero-order chi connectivity index (χ0) is 14.4. The van der Waals surface area contributed by atoms with E-state index in [1.165, 1.54) is 12.1 Å². The van der Waals surface area contributed by atoms with Crippen LogP contribution in [-0.2, 0) is 0 Å². The molecule has 102 valence electrons. The number of carboxylic acid groups (broad SMARTS) is 1. The Kier molecular flexibility index (Phi) is 5.57. The van der Waals surface area contributed by atoms with Crippen molar-refractivity contribution in [2.75, 3.05) is 11.9 Å². The van der Waals surface area contributed by atoms with Crippen LogP contribution in [0.25, 0.3) is 0 Å². The van der Waals surface area contributed by atoms with E-state index < -0.39 is 5.97 Å². The number of carboxylic acids is 1. The van der Waals surface area contributed by atoms with Gasteiger partial charge in [0, 0.05) is 11.0 Å². The predicted octanol–water partition coefficient (Wildman–Crippen LogP) is 3.24. The Bertz CT molecular complexity index is 523. The normalized spacial score (nSPS) is 9.63. The molecule has 0 atom stereocenters. The number of urea groups is 1. The molecule has 0 radical (unpaired) electrons. The van der Waals surface area contributed by atoms with Crippen LogP contribution in [0, 0.1) is 0 Å². The van der Waals surface area contributed by atoms with Crippen molar-refractivity contribution in [3.8, 4) is 0 Å². The molecule has 0 saturated heterocycles. The average Bonchev–Trinajstić information content (AvgIpc) is 2.31. The second kappa shape index (κ2) is 6.94. The summed E-state index contributed by atoms with van der Waals surface area (Å²) in [5, 5.41) is 14.1. The molecule has 0 aromatic heterocycles. The topological polar surface area (TPSA) is 78.4 Å². The van der Waals surface area contributed by atoms with Crippen LogP contribution >= 0.6 is 15.9 Å². The molecule has 0 aliphatic rings. The van der Waals surface area contributed by atoms with Gasteiger partial charge in [-0.15, -0.1) is 0 Å². The van der Waals surface area contributed by atoms with E-state index in [9.17, 15) is 9.59 Å². The van der Waals surface area contributed by atoms with Gasteiger partial charge >= 0.3 is 12.0 Å². The number of halogens is 1. The SMILES string of the molecule is CC(C)=CCNC(=O)Nc1cc(C(=O)O)ccc1Br. The smallest absolute Gasteiger partial charge is 0.335 e. The molecule has 6 heteroatoms. The lowest BCUT2D eigenvalue weighted by molar-refractivity contribution is 0.0697. The van der Waals surface area contributed by atoms with Gasteiger partial charge in [-0.25, -0.2) is 9.59 Å². The Morgan fingerprint density at radius 2 is 2.05 bits per heavy atom. The van der Waals surface area contributed by atoms with Crippen molar-refractivity contribution in [1.29, 1.82) is 0 Å². The molecule has 1 rings (SSSR count). The minimum absolute atomic E-state index is 0.114. The van der Waals surface area contributed by atoms with Crippen LogP contribution in [0.15, 0.2) is 34.3 Å². The van der Waals surface area contributed by atoms with Gasteiger partial charge in [0.25, 0.3) is 0 Å². The Morgan fingerprint density at radius 3 is 2.63 bits per heavy atom. The Balaban J connectivity index is 2.70. The quantitative estimate of drug-likeness (QED) is 0.743. The number of nitrogens with one attached hydrogen (secondary N) is 2. The summed E-state index contributed by atoms with van der Waals surface area (Å²) < 4.78 is 0.620. The minimum atomic E-state index is -1.04. The summed E-state index contributed by atoms with van der Waals surface area (Å²) in [5.41, 5.74) is 1.63. The maximum absolute atomic E-state index is 11.6. The fourth-order valence-electron chi connectivity index (χ4n) is 1.27. The number of hydrogen-bond donors (Lipinski definition) is 3. The second-order valence-electron chi connectivity index (χ2n) is 4.12. The molecule has 0 saturated carbocycles. The third kappa shape index (κ3) is 5.13. The summed E-state index contributed by atoms with van der Waals surface area (Å²) in [6.45, 7) is 4.30. The maximum atomic E-state index is 11.6. The van der Waals surface area contributed by atoms with Crippen molar-refractivity contribution in [3.05, 3.63) is 39.9 Å². The first kappa shape index (κ1) is 15.2. The van der Waals surface area contributed by atoms with Gasteiger partial charge in [0.05, 0.1) is 11.3 Å². The van der Waals surface area contributed by atoms with Crippen molar-refractivity contribution in [1.82, 2.24) is 5.32 Å². The molecule has 2 amide bonds. The van der Waals surface area contributed by atoms with E-state index in [2.05, 4.69) is 26.6 Å². The van der Waals surface area contributed by atoms with E-state index in [0.29, 0.717) is 16.7 Å².